The molecule has 2 aromatic rings. The molecule has 0 radical (unpaired) electrons. The topological polar surface area (TPSA) is 49.3 Å². The van der Waals surface area contributed by atoms with Gasteiger partial charge < -0.3 is 10.4 Å². The predicted octanol–water partition coefficient (Wildman–Crippen LogP) is 4.59. The molecule has 2 N–H and O–H groups in total. The number of alkyl halides is 3. The Balaban J connectivity index is 2.44. The fourth-order valence-electron chi connectivity index (χ4n) is 1.92. The molecular weight excluding hydrogens is 302 g/mol. The Kier molecular flexibility index (Phi) is 4.07. The minimum atomic E-state index is -4.63. The summed E-state index contributed by atoms with van der Waals surface area (Å²) >= 11 is 0. The van der Waals surface area contributed by atoms with Crippen LogP contribution in [-0.4, -0.2) is 11.1 Å². The van der Waals surface area contributed by atoms with E-state index in [1.807, 2.05) is 0 Å². The quantitative estimate of drug-likeness (QED) is 0.815. The minimum absolute atomic E-state index is 0.00444. The first kappa shape index (κ1) is 15.8. The normalized spacial score (nSPS) is 11.3. The van der Waals surface area contributed by atoms with Crippen molar-refractivity contribution in [3.63, 3.8) is 0 Å². The van der Waals surface area contributed by atoms with Crippen molar-refractivity contribution in [2.75, 3.05) is 5.32 Å². The van der Waals surface area contributed by atoms with Crippen molar-refractivity contribution >= 4 is 17.3 Å². The number of hydrogen-bond acceptors (Lipinski definition) is 2. The highest BCUT2D eigenvalue weighted by molar-refractivity contribution is 5.95. The number of aryl methyl sites for hydroxylation is 1. The van der Waals surface area contributed by atoms with Crippen molar-refractivity contribution in [1.29, 1.82) is 0 Å². The summed E-state index contributed by atoms with van der Waals surface area (Å²) in [5, 5.41) is 11.8. The van der Waals surface area contributed by atoms with Crippen molar-refractivity contribution in [3.8, 4) is 0 Å². The lowest BCUT2D eigenvalue weighted by Crippen LogP contribution is -2.09. The smallest absolute Gasteiger partial charge is 0.416 e. The minimum Gasteiger partial charge on any atom is -0.478 e. The lowest BCUT2D eigenvalue weighted by atomic mass is 10.1. The molecule has 0 amide bonds. The van der Waals surface area contributed by atoms with Gasteiger partial charge in [0.2, 0.25) is 0 Å². The van der Waals surface area contributed by atoms with Crippen molar-refractivity contribution in [1.82, 2.24) is 0 Å². The lowest BCUT2D eigenvalue weighted by molar-refractivity contribution is -0.137. The van der Waals surface area contributed by atoms with Crippen LogP contribution in [-0.2, 0) is 6.18 Å². The van der Waals surface area contributed by atoms with Crippen molar-refractivity contribution in [2.24, 2.45) is 0 Å². The standard InChI is InChI=1S/C15H11F4NO2/c1-8-6-10(16)3-5-12(8)20-13-4-2-9(15(17,18)19)7-11(13)14(21)22/h2-7,20H,1H3,(H,21,22). The number of hydrogen-bond donors (Lipinski definition) is 2. The van der Waals surface area contributed by atoms with Gasteiger partial charge in [-0.1, -0.05) is 0 Å². The molecule has 2 aromatic carbocycles. The molecule has 0 fully saturated rings. The summed E-state index contributed by atoms with van der Waals surface area (Å²) in [6.07, 6.45) is -4.63. The molecule has 0 aliphatic carbocycles. The maximum absolute atomic E-state index is 13.0. The highest BCUT2D eigenvalue weighted by Crippen LogP contribution is 2.33. The fraction of sp³-hybridized carbons (Fsp3) is 0.133. The van der Waals surface area contributed by atoms with Gasteiger partial charge in [0.1, 0.15) is 5.82 Å². The SMILES string of the molecule is Cc1cc(F)ccc1Nc1ccc(C(F)(F)F)cc1C(=O)O. The van der Waals surface area contributed by atoms with E-state index in [1.54, 1.807) is 6.92 Å². The number of benzene rings is 2. The number of aromatic carboxylic acids is 1. The van der Waals surface area contributed by atoms with Crippen molar-refractivity contribution in [2.45, 2.75) is 13.1 Å². The maximum Gasteiger partial charge on any atom is 0.416 e. The molecule has 0 saturated carbocycles. The van der Waals surface area contributed by atoms with E-state index in [-0.39, 0.29) is 5.69 Å². The van der Waals surface area contributed by atoms with E-state index in [4.69, 9.17) is 5.11 Å². The largest absolute Gasteiger partial charge is 0.478 e. The van der Waals surface area contributed by atoms with E-state index in [9.17, 15) is 22.4 Å². The molecule has 0 aliphatic rings. The van der Waals surface area contributed by atoms with Crippen LogP contribution in [0.15, 0.2) is 36.4 Å². The molecule has 0 spiro atoms. The highest BCUT2D eigenvalue weighted by Gasteiger charge is 2.31. The van der Waals surface area contributed by atoms with E-state index in [0.29, 0.717) is 17.3 Å². The van der Waals surface area contributed by atoms with Crippen molar-refractivity contribution in [3.05, 3.63) is 58.9 Å². The summed E-state index contributed by atoms with van der Waals surface area (Å²) in [6.45, 7) is 1.59. The third-order valence-electron chi connectivity index (χ3n) is 3.04. The summed E-state index contributed by atoms with van der Waals surface area (Å²) in [7, 11) is 0. The predicted molar refractivity (Wildman–Crippen MR) is 72.8 cm³/mol. The van der Waals surface area contributed by atoms with Gasteiger partial charge in [-0.2, -0.15) is 13.2 Å². The average Bonchev–Trinajstić information content (AvgIpc) is 2.40. The number of carbonyl (C=O) groups is 1. The average molecular weight is 313 g/mol. The Labute approximate surface area is 123 Å². The molecule has 0 aromatic heterocycles. The summed E-state index contributed by atoms with van der Waals surface area (Å²) in [5.41, 5.74) is -0.667. The lowest BCUT2D eigenvalue weighted by Gasteiger charge is -2.14. The van der Waals surface area contributed by atoms with E-state index < -0.39 is 29.1 Å². The number of halogens is 4. The van der Waals surface area contributed by atoms with E-state index in [0.717, 1.165) is 12.1 Å². The second-order valence-electron chi connectivity index (χ2n) is 4.65. The monoisotopic (exact) mass is 313 g/mol. The van der Waals surface area contributed by atoms with Gasteiger partial charge in [-0.3, -0.25) is 0 Å². The van der Waals surface area contributed by atoms with Gasteiger partial charge >= 0.3 is 12.1 Å². The highest BCUT2D eigenvalue weighted by atomic mass is 19.4. The third-order valence-corrected chi connectivity index (χ3v) is 3.04. The van der Waals surface area contributed by atoms with Gasteiger partial charge in [-0.15, -0.1) is 0 Å². The molecule has 0 unspecified atom stereocenters. The number of rotatable bonds is 3. The van der Waals surface area contributed by atoms with Crippen LogP contribution in [0.5, 0.6) is 0 Å². The van der Waals surface area contributed by atoms with Crippen LogP contribution in [0, 0.1) is 12.7 Å². The fourth-order valence-corrected chi connectivity index (χ4v) is 1.92. The second kappa shape index (κ2) is 5.67. The number of carboxylic acid groups (broad SMARTS) is 1. The summed E-state index contributed by atoms with van der Waals surface area (Å²) < 4.78 is 51.0. The summed E-state index contributed by atoms with van der Waals surface area (Å²) in [5.74, 6) is -1.96. The Bertz CT molecular complexity index is 726. The maximum atomic E-state index is 13.0. The molecule has 2 rings (SSSR count). The number of nitrogens with one attached hydrogen (secondary N) is 1. The van der Waals surface area contributed by atoms with Crippen LogP contribution in [0.4, 0.5) is 28.9 Å². The van der Waals surface area contributed by atoms with Crippen molar-refractivity contribution < 1.29 is 27.5 Å². The van der Waals surface area contributed by atoms with E-state index >= 15 is 0 Å². The molecule has 116 valence electrons. The van der Waals surface area contributed by atoms with Crippen LogP contribution >= 0.6 is 0 Å². The van der Waals surface area contributed by atoms with Crippen LogP contribution in [0.3, 0.4) is 0 Å². The second-order valence-corrected chi connectivity index (χ2v) is 4.65. The molecule has 7 heteroatoms. The number of carboxylic acids is 1. The molecule has 22 heavy (non-hydrogen) atoms. The van der Waals surface area contributed by atoms with Gasteiger partial charge in [-0.05, 0) is 48.9 Å². The first-order valence-electron chi connectivity index (χ1n) is 6.16. The zero-order chi connectivity index (χ0) is 16.5. The Hall–Kier alpha value is -2.57. The Morgan fingerprint density at radius 1 is 1.09 bits per heavy atom. The van der Waals surface area contributed by atoms with Gasteiger partial charge in [0.15, 0.2) is 0 Å². The zero-order valence-electron chi connectivity index (χ0n) is 11.3. The molecule has 0 atom stereocenters. The van der Waals surface area contributed by atoms with Crippen LogP contribution in [0.1, 0.15) is 21.5 Å². The first-order chi connectivity index (χ1) is 10.2. The van der Waals surface area contributed by atoms with Gasteiger partial charge in [0.25, 0.3) is 0 Å². The first-order valence-corrected chi connectivity index (χ1v) is 6.16. The van der Waals surface area contributed by atoms with Crippen LogP contribution in [0.2, 0.25) is 0 Å². The van der Waals surface area contributed by atoms with Crippen LogP contribution < -0.4 is 5.32 Å². The molecule has 0 aliphatic heterocycles. The third kappa shape index (κ3) is 3.36. The van der Waals surface area contributed by atoms with Crippen LogP contribution in [0.25, 0.3) is 0 Å². The molecule has 0 heterocycles. The summed E-state index contributed by atoms with van der Waals surface area (Å²) in [4.78, 5) is 11.2. The molecule has 3 nitrogen and oxygen atoms in total. The zero-order valence-corrected chi connectivity index (χ0v) is 11.3. The van der Waals surface area contributed by atoms with E-state index in [2.05, 4.69) is 5.32 Å². The van der Waals surface area contributed by atoms with Gasteiger partial charge in [0.05, 0.1) is 16.8 Å². The molecule has 0 bridgehead atoms. The molecule has 0 saturated heterocycles. The molecular formula is C15H11F4NO2. The Morgan fingerprint density at radius 2 is 1.73 bits per heavy atom. The van der Waals surface area contributed by atoms with Gasteiger partial charge in [-0.25, -0.2) is 9.18 Å². The van der Waals surface area contributed by atoms with E-state index in [1.165, 1.54) is 18.2 Å². The van der Waals surface area contributed by atoms with Gasteiger partial charge in [0, 0.05) is 5.69 Å². The Morgan fingerprint density at radius 3 is 2.27 bits per heavy atom. The summed E-state index contributed by atoms with van der Waals surface area (Å²) in [6, 6.07) is 6.16. The number of anilines is 2.